The van der Waals surface area contributed by atoms with Gasteiger partial charge in [-0.25, -0.2) is 0 Å². The molecule has 0 unspecified atom stereocenters. The Bertz CT molecular complexity index is 1160. The number of alkyl halides is 3. The van der Waals surface area contributed by atoms with Gasteiger partial charge in [0, 0.05) is 17.3 Å². The van der Waals surface area contributed by atoms with Crippen LogP contribution < -0.4 is 15.2 Å². The normalized spacial score (nSPS) is 15.6. The number of halogens is 3. The number of amides is 1. The molecule has 0 radical (unpaired) electrons. The van der Waals surface area contributed by atoms with Gasteiger partial charge in [0.2, 0.25) is 11.8 Å². The lowest BCUT2D eigenvalue weighted by Crippen LogP contribution is -2.17. The van der Waals surface area contributed by atoms with Gasteiger partial charge in [0.1, 0.15) is 11.5 Å². The molecule has 1 aliphatic heterocycles. The highest BCUT2D eigenvalue weighted by Gasteiger charge is 2.31. The maximum Gasteiger partial charge on any atom is 0.573 e. The summed E-state index contributed by atoms with van der Waals surface area (Å²) in [5, 5.41) is 3.90. The fourth-order valence-electron chi connectivity index (χ4n) is 3.10. The van der Waals surface area contributed by atoms with Crippen LogP contribution in [0.3, 0.4) is 0 Å². The summed E-state index contributed by atoms with van der Waals surface area (Å²) in [7, 11) is 0. The summed E-state index contributed by atoms with van der Waals surface area (Å²) in [6.45, 7) is 0. The number of carbonyl (C=O) groups is 1. The van der Waals surface area contributed by atoms with Gasteiger partial charge >= 0.3 is 6.36 Å². The van der Waals surface area contributed by atoms with Crippen molar-refractivity contribution in [1.82, 2.24) is 4.98 Å². The first-order valence-corrected chi connectivity index (χ1v) is 9.38. The van der Waals surface area contributed by atoms with Gasteiger partial charge < -0.3 is 20.0 Å². The maximum absolute atomic E-state index is 12.3. The SMILES string of the molecule is NC(=O)c1cccc(-c2cncc(OC3=NO[C@@H](c4ccc(OC(F)(F)F)cc4)C3)c2)c1. The van der Waals surface area contributed by atoms with Crippen molar-refractivity contribution in [2.24, 2.45) is 10.9 Å². The fourth-order valence-corrected chi connectivity index (χ4v) is 3.10. The van der Waals surface area contributed by atoms with E-state index in [0.29, 0.717) is 22.4 Å². The first-order chi connectivity index (χ1) is 15.3. The highest BCUT2D eigenvalue weighted by Crippen LogP contribution is 2.31. The number of nitrogens with two attached hydrogens (primary N) is 1. The highest BCUT2D eigenvalue weighted by molar-refractivity contribution is 5.94. The van der Waals surface area contributed by atoms with E-state index >= 15 is 0 Å². The van der Waals surface area contributed by atoms with Gasteiger partial charge in [0.05, 0.1) is 12.6 Å². The molecule has 1 aromatic heterocycles. The molecule has 1 aliphatic rings. The monoisotopic (exact) mass is 443 g/mol. The number of ether oxygens (including phenoxy) is 2. The van der Waals surface area contributed by atoms with Crippen molar-refractivity contribution in [3.63, 3.8) is 0 Å². The average Bonchev–Trinajstić information content (AvgIpc) is 3.22. The van der Waals surface area contributed by atoms with Crippen molar-refractivity contribution in [2.45, 2.75) is 18.9 Å². The van der Waals surface area contributed by atoms with Gasteiger partial charge in [-0.2, -0.15) is 0 Å². The Kier molecular flexibility index (Phi) is 5.67. The number of primary amides is 1. The number of oxime groups is 1. The molecule has 0 spiro atoms. The Morgan fingerprint density at radius 2 is 1.81 bits per heavy atom. The molecule has 7 nitrogen and oxygen atoms in total. The topological polar surface area (TPSA) is 96.0 Å². The van der Waals surface area contributed by atoms with Crippen LogP contribution in [-0.4, -0.2) is 23.2 Å². The lowest BCUT2D eigenvalue weighted by Gasteiger charge is -2.11. The first-order valence-electron chi connectivity index (χ1n) is 9.38. The van der Waals surface area contributed by atoms with Crippen LogP contribution in [0.5, 0.6) is 11.5 Å². The zero-order valence-corrected chi connectivity index (χ0v) is 16.4. The van der Waals surface area contributed by atoms with Gasteiger partial charge in [-0.05, 0) is 41.5 Å². The molecular weight excluding hydrogens is 427 g/mol. The standard InChI is InChI=1S/C22H16F3N3O4/c23-22(24,25)31-17-6-4-13(5-7-17)19-10-20(28-32-19)30-18-9-16(11-27-12-18)14-2-1-3-15(8-14)21(26)29/h1-9,11-12,19H,10H2,(H2,26,29)/t19-/m1/s1. The smallest absolute Gasteiger partial charge is 0.438 e. The lowest BCUT2D eigenvalue weighted by molar-refractivity contribution is -0.274. The molecule has 2 N–H and O–H groups in total. The number of nitrogens with zero attached hydrogens (tertiary/aromatic N) is 2. The van der Waals surface area contributed by atoms with Crippen molar-refractivity contribution < 1.29 is 32.3 Å². The van der Waals surface area contributed by atoms with Gasteiger partial charge in [-0.15, -0.1) is 13.2 Å². The van der Waals surface area contributed by atoms with Crippen LogP contribution in [0.1, 0.15) is 28.4 Å². The predicted molar refractivity (Wildman–Crippen MR) is 108 cm³/mol. The van der Waals surface area contributed by atoms with Gasteiger partial charge in [0.15, 0.2) is 6.10 Å². The third-order valence-corrected chi connectivity index (χ3v) is 4.56. The minimum atomic E-state index is -4.75. The molecule has 2 aromatic carbocycles. The molecule has 1 atom stereocenters. The van der Waals surface area contributed by atoms with Gasteiger partial charge in [-0.1, -0.05) is 29.4 Å². The van der Waals surface area contributed by atoms with Crippen LogP contribution in [0, 0.1) is 0 Å². The number of rotatable bonds is 5. The number of aromatic nitrogens is 1. The number of benzene rings is 2. The van der Waals surface area contributed by atoms with E-state index in [0.717, 1.165) is 5.56 Å². The van der Waals surface area contributed by atoms with Crippen molar-refractivity contribution in [1.29, 1.82) is 0 Å². The van der Waals surface area contributed by atoms with Gasteiger partial charge in [0.25, 0.3) is 0 Å². The van der Waals surface area contributed by atoms with Crippen LogP contribution in [0.25, 0.3) is 11.1 Å². The van der Waals surface area contributed by atoms with Crippen LogP contribution in [0.4, 0.5) is 13.2 Å². The molecule has 164 valence electrons. The molecule has 4 rings (SSSR count). The van der Waals surface area contributed by atoms with E-state index in [1.165, 1.54) is 30.5 Å². The molecule has 0 saturated heterocycles. The number of pyridine rings is 1. The first kappa shape index (κ1) is 21.2. The zero-order chi connectivity index (χ0) is 22.7. The molecule has 0 fully saturated rings. The number of hydrogen-bond acceptors (Lipinski definition) is 6. The molecule has 1 amide bonds. The molecular formula is C22H16F3N3O4. The molecule has 32 heavy (non-hydrogen) atoms. The molecule has 3 aromatic rings. The molecule has 0 saturated carbocycles. The van der Waals surface area contributed by atoms with E-state index in [4.69, 9.17) is 15.3 Å². The Hall–Kier alpha value is -4.08. The zero-order valence-electron chi connectivity index (χ0n) is 16.4. The van der Waals surface area contributed by atoms with E-state index < -0.39 is 18.4 Å². The molecule has 0 bridgehead atoms. The van der Waals surface area contributed by atoms with Crippen LogP contribution in [0.15, 0.2) is 72.1 Å². The Morgan fingerprint density at radius 1 is 1.03 bits per heavy atom. The third kappa shape index (κ3) is 5.15. The fraction of sp³-hybridized carbons (Fsp3) is 0.136. The van der Waals surface area contributed by atoms with Crippen molar-refractivity contribution in [2.75, 3.05) is 0 Å². The second-order valence-corrected chi connectivity index (χ2v) is 6.86. The Labute approximate surface area is 180 Å². The molecule has 2 heterocycles. The summed E-state index contributed by atoms with van der Waals surface area (Å²) in [4.78, 5) is 20.9. The second-order valence-electron chi connectivity index (χ2n) is 6.86. The van der Waals surface area contributed by atoms with Crippen LogP contribution in [-0.2, 0) is 4.84 Å². The summed E-state index contributed by atoms with van der Waals surface area (Å²) < 4.78 is 46.5. The largest absolute Gasteiger partial charge is 0.573 e. The average molecular weight is 443 g/mol. The quantitative estimate of drug-likeness (QED) is 0.622. The summed E-state index contributed by atoms with van der Waals surface area (Å²) in [5.41, 5.74) is 7.77. The minimum absolute atomic E-state index is 0.279. The van der Waals surface area contributed by atoms with Crippen molar-refractivity contribution in [3.05, 3.63) is 78.1 Å². The van der Waals surface area contributed by atoms with E-state index in [-0.39, 0.29) is 18.1 Å². The third-order valence-electron chi connectivity index (χ3n) is 4.56. The number of carbonyl (C=O) groups excluding carboxylic acids is 1. The minimum Gasteiger partial charge on any atom is -0.438 e. The van der Waals surface area contributed by atoms with Crippen LogP contribution >= 0.6 is 0 Å². The maximum atomic E-state index is 12.3. The van der Waals surface area contributed by atoms with E-state index in [1.807, 2.05) is 6.07 Å². The van der Waals surface area contributed by atoms with Crippen LogP contribution in [0.2, 0.25) is 0 Å². The summed E-state index contributed by atoms with van der Waals surface area (Å²) >= 11 is 0. The molecule has 0 aliphatic carbocycles. The van der Waals surface area contributed by atoms with Gasteiger partial charge in [-0.3, -0.25) is 9.78 Å². The van der Waals surface area contributed by atoms with E-state index in [2.05, 4.69) is 14.9 Å². The highest BCUT2D eigenvalue weighted by atomic mass is 19.4. The molecule has 10 heteroatoms. The summed E-state index contributed by atoms with van der Waals surface area (Å²) in [5.74, 6) is -0.159. The predicted octanol–water partition coefficient (Wildman–Crippen LogP) is 4.60. The van der Waals surface area contributed by atoms with Crippen molar-refractivity contribution >= 4 is 11.8 Å². The Balaban J connectivity index is 1.41. The Morgan fingerprint density at radius 3 is 2.53 bits per heavy atom. The summed E-state index contributed by atoms with van der Waals surface area (Å²) in [6, 6.07) is 13.9. The van der Waals surface area contributed by atoms with E-state index in [1.54, 1.807) is 30.5 Å². The second kappa shape index (κ2) is 8.58. The number of hydrogen-bond donors (Lipinski definition) is 1. The van der Waals surface area contributed by atoms with Crippen molar-refractivity contribution in [3.8, 4) is 22.6 Å². The van der Waals surface area contributed by atoms with E-state index in [9.17, 15) is 18.0 Å². The summed E-state index contributed by atoms with van der Waals surface area (Å²) in [6.07, 6.45) is -1.86. The lowest BCUT2D eigenvalue weighted by atomic mass is 10.0.